The maximum atomic E-state index is 12.3. The number of tetrazole rings is 1. The SMILES string of the molecule is C[C@@H]1CN(C(=O)Cn2nnc(-c3cccs3)n2)C[C@H](C)O1. The van der Waals surface area contributed by atoms with Gasteiger partial charge in [-0.3, -0.25) is 4.79 Å². The van der Waals surface area contributed by atoms with Crippen molar-refractivity contribution in [2.24, 2.45) is 0 Å². The molecule has 1 aliphatic rings. The molecule has 1 fully saturated rings. The summed E-state index contributed by atoms with van der Waals surface area (Å²) in [6.45, 7) is 5.26. The monoisotopic (exact) mass is 307 g/mol. The van der Waals surface area contributed by atoms with E-state index >= 15 is 0 Å². The third-order valence-corrected chi connectivity index (χ3v) is 4.11. The van der Waals surface area contributed by atoms with Crippen LogP contribution in [0, 0.1) is 0 Å². The van der Waals surface area contributed by atoms with Crippen molar-refractivity contribution in [1.29, 1.82) is 0 Å². The lowest BCUT2D eigenvalue weighted by Gasteiger charge is -2.35. The Hall–Kier alpha value is -1.80. The number of aromatic nitrogens is 4. The number of rotatable bonds is 3. The third kappa shape index (κ3) is 3.27. The molecule has 2 aromatic heterocycles. The predicted molar refractivity (Wildman–Crippen MR) is 77.7 cm³/mol. The molecule has 0 aromatic carbocycles. The fourth-order valence-corrected chi connectivity index (χ4v) is 3.07. The molecule has 0 spiro atoms. The van der Waals surface area contributed by atoms with Crippen molar-refractivity contribution in [3.8, 4) is 10.7 Å². The van der Waals surface area contributed by atoms with E-state index in [1.54, 1.807) is 16.2 Å². The van der Waals surface area contributed by atoms with Crippen molar-refractivity contribution in [2.45, 2.75) is 32.6 Å². The number of morpholine rings is 1. The molecule has 2 aromatic rings. The van der Waals surface area contributed by atoms with Crippen molar-refractivity contribution in [2.75, 3.05) is 13.1 Å². The van der Waals surface area contributed by atoms with Gasteiger partial charge in [-0.05, 0) is 30.5 Å². The van der Waals surface area contributed by atoms with Crippen LogP contribution in [0.2, 0.25) is 0 Å². The van der Waals surface area contributed by atoms with Gasteiger partial charge in [-0.1, -0.05) is 6.07 Å². The highest BCUT2D eigenvalue weighted by molar-refractivity contribution is 7.13. The molecule has 8 heteroatoms. The van der Waals surface area contributed by atoms with E-state index in [-0.39, 0.29) is 24.7 Å². The highest BCUT2D eigenvalue weighted by atomic mass is 32.1. The number of nitrogens with zero attached hydrogens (tertiary/aromatic N) is 5. The van der Waals surface area contributed by atoms with Crippen molar-refractivity contribution in [3.05, 3.63) is 17.5 Å². The first-order valence-electron chi connectivity index (χ1n) is 6.86. The summed E-state index contributed by atoms with van der Waals surface area (Å²) in [6.07, 6.45) is 0.117. The van der Waals surface area contributed by atoms with Gasteiger partial charge in [-0.15, -0.1) is 21.5 Å². The van der Waals surface area contributed by atoms with Crippen LogP contribution in [0.3, 0.4) is 0 Å². The van der Waals surface area contributed by atoms with E-state index in [1.165, 1.54) is 4.80 Å². The molecule has 0 bridgehead atoms. The molecule has 0 radical (unpaired) electrons. The highest BCUT2D eigenvalue weighted by Gasteiger charge is 2.26. The van der Waals surface area contributed by atoms with Crippen molar-refractivity contribution in [3.63, 3.8) is 0 Å². The van der Waals surface area contributed by atoms with E-state index in [1.807, 2.05) is 31.4 Å². The van der Waals surface area contributed by atoms with Crippen LogP contribution in [-0.2, 0) is 16.1 Å². The lowest BCUT2D eigenvalue weighted by molar-refractivity contribution is -0.144. The number of carbonyl (C=O) groups excluding carboxylic acids is 1. The highest BCUT2D eigenvalue weighted by Crippen LogP contribution is 2.19. The summed E-state index contributed by atoms with van der Waals surface area (Å²) in [5.41, 5.74) is 0. The molecule has 21 heavy (non-hydrogen) atoms. The van der Waals surface area contributed by atoms with E-state index in [0.717, 1.165) is 4.88 Å². The van der Waals surface area contributed by atoms with Crippen LogP contribution < -0.4 is 0 Å². The van der Waals surface area contributed by atoms with Gasteiger partial charge in [-0.2, -0.15) is 4.80 Å². The molecule has 2 atom stereocenters. The minimum atomic E-state index is -0.00729. The molecule has 112 valence electrons. The Morgan fingerprint density at radius 3 is 2.86 bits per heavy atom. The average molecular weight is 307 g/mol. The standard InChI is InChI=1S/C13H17N5O2S/c1-9-6-17(7-10(2)20-9)12(19)8-18-15-13(14-16-18)11-4-3-5-21-11/h3-5,9-10H,6-8H2,1-2H3/t9-,10+. The molecule has 0 N–H and O–H groups in total. The zero-order valence-corrected chi connectivity index (χ0v) is 12.8. The molecule has 1 amide bonds. The molecular formula is C13H17N5O2S. The Kier molecular flexibility index (Phi) is 3.98. The van der Waals surface area contributed by atoms with Gasteiger partial charge >= 0.3 is 0 Å². The summed E-state index contributed by atoms with van der Waals surface area (Å²) in [7, 11) is 0. The fourth-order valence-electron chi connectivity index (χ4n) is 2.42. The van der Waals surface area contributed by atoms with Gasteiger partial charge in [0.15, 0.2) is 0 Å². The second-order valence-corrected chi connectivity index (χ2v) is 6.12. The van der Waals surface area contributed by atoms with Crippen LogP contribution in [0.25, 0.3) is 10.7 Å². The van der Waals surface area contributed by atoms with E-state index in [2.05, 4.69) is 15.4 Å². The Labute approximate surface area is 126 Å². The Morgan fingerprint density at radius 2 is 2.19 bits per heavy atom. The largest absolute Gasteiger partial charge is 0.372 e. The lowest BCUT2D eigenvalue weighted by atomic mass is 10.2. The first-order valence-corrected chi connectivity index (χ1v) is 7.74. The van der Waals surface area contributed by atoms with Gasteiger partial charge in [0, 0.05) is 13.1 Å². The van der Waals surface area contributed by atoms with Crippen LogP contribution in [0.5, 0.6) is 0 Å². The zero-order valence-electron chi connectivity index (χ0n) is 12.0. The number of ether oxygens (including phenoxy) is 1. The van der Waals surface area contributed by atoms with Gasteiger partial charge < -0.3 is 9.64 Å². The van der Waals surface area contributed by atoms with E-state index in [0.29, 0.717) is 18.9 Å². The van der Waals surface area contributed by atoms with Crippen LogP contribution in [-0.4, -0.2) is 56.3 Å². The van der Waals surface area contributed by atoms with E-state index in [9.17, 15) is 4.79 Å². The number of hydrogen-bond donors (Lipinski definition) is 0. The third-order valence-electron chi connectivity index (χ3n) is 3.24. The summed E-state index contributed by atoms with van der Waals surface area (Å²) in [5, 5.41) is 14.1. The van der Waals surface area contributed by atoms with Crippen LogP contribution in [0.4, 0.5) is 0 Å². The molecular weight excluding hydrogens is 290 g/mol. The number of carbonyl (C=O) groups is 1. The maximum absolute atomic E-state index is 12.3. The summed E-state index contributed by atoms with van der Waals surface area (Å²) in [6, 6.07) is 3.86. The molecule has 0 aliphatic carbocycles. The summed E-state index contributed by atoms with van der Waals surface area (Å²) in [4.78, 5) is 16.4. The molecule has 0 saturated carbocycles. The number of hydrogen-bond acceptors (Lipinski definition) is 6. The number of amides is 1. The Morgan fingerprint density at radius 1 is 1.43 bits per heavy atom. The van der Waals surface area contributed by atoms with E-state index < -0.39 is 0 Å². The quantitative estimate of drug-likeness (QED) is 0.847. The molecule has 0 unspecified atom stereocenters. The van der Waals surface area contributed by atoms with Gasteiger partial charge in [0.2, 0.25) is 11.7 Å². The molecule has 1 saturated heterocycles. The Balaban J connectivity index is 1.65. The summed E-state index contributed by atoms with van der Waals surface area (Å²) in [5.74, 6) is 0.550. The maximum Gasteiger partial charge on any atom is 0.246 e. The summed E-state index contributed by atoms with van der Waals surface area (Å²) < 4.78 is 5.63. The van der Waals surface area contributed by atoms with Gasteiger partial charge in [0.05, 0.1) is 17.1 Å². The van der Waals surface area contributed by atoms with Crippen LogP contribution >= 0.6 is 11.3 Å². The van der Waals surface area contributed by atoms with Gasteiger partial charge in [0.1, 0.15) is 6.54 Å². The zero-order chi connectivity index (χ0) is 14.8. The van der Waals surface area contributed by atoms with Gasteiger partial charge in [0.25, 0.3) is 0 Å². The average Bonchev–Trinajstić information content (AvgIpc) is 3.07. The minimum absolute atomic E-state index is 0.00729. The lowest BCUT2D eigenvalue weighted by Crippen LogP contribution is -2.49. The van der Waals surface area contributed by atoms with Crippen molar-refractivity contribution in [1.82, 2.24) is 25.1 Å². The molecule has 3 heterocycles. The topological polar surface area (TPSA) is 73.1 Å². The minimum Gasteiger partial charge on any atom is -0.372 e. The van der Waals surface area contributed by atoms with Crippen molar-refractivity contribution >= 4 is 17.2 Å². The predicted octanol–water partition coefficient (Wildman–Crippen LogP) is 1.04. The fraction of sp³-hybridized carbons (Fsp3) is 0.538. The molecule has 1 aliphatic heterocycles. The second kappa shape index (κ2) is 5.90. The van der Waals surface area contributed by atoms with Gasteiger partial charge in [-0.25, -0.2) is 0 Å². The molecule has 7 nitrogen and oxygen atoms in total. The van der Waals surface area contributed by atoms with Crippen LogP contribution in [0.15, 0.2) is 17.5 Å². The van der Waals surface area contributed by atoms with Crippen molar-refractivity contribution < 1.29 is 9.53 Å². The first-order chi connectivity index (χ1) is 10.1. The normalized spacial score (nSPS) is 22.5. The Bertz CT molecular complexity index is 602. The van der Waals surface area contributed by atoms with E-state index in [4.69, 9.17) is 4.74 Å². The summed E-state index contributed by atoms with van der Waals surface area (Å²) >= 11 is 1.55. The number of thiophene rings is 1. The van der Waals surface area contributed by atoms with Crippen LogP contribution in [0.1, 0.15) is 13.8 Å². The second-order valence-electron chi connectivity index (χ2n) is 5.18. The molecule has 3 rings (SSSR count). The first kappa shape index (κ1) is 14.2. The smallest absolute Gasteiger partial charge is 0.246 e.